The van der Waals surface area contributed by atoms with Crippen molar-refractivity contribution in [3.05, 3.63) is 70.2 Å². The first kappa shape index (κ1) is 30.7. The number of nitrogens with zero attached hydrogens (tertiary/aromatic N) is 1. The number of nitrogens with two attached hydrogens (primary N) is 1. The van der Waals surface area contributed by atoms with E-state index in [0.717, 1.165) is 0 Å². The lowest BCUT2D eigenvalue weighted by atomic mass is 9.58. The van der Waals surface area contributed by atoms with Gasteiger partial charge >= 0.3 is 5.97 Å². The van der Waals surface area contributed by atoms with Crippen molar-refractivity contribution in [3.8, 4) is 16.9 Å². The molecule has 0 heterocycles. The molecular weight excluding hydrogens is 574 g/mol. The van der Waals surface area contributed by atoms with Crippen LogP contribution in [0.25, 0.3) is 11.1 Å². The van der Waals surface area contributed by atoms with Crippen LogP contribution >= 0.6 is 0 Å². The molecule has 44 heavy (non-hydrogen) atoms. The summed E-state index contributed by atoms with van der Waals surface area (Å²) in [5.41, 5.74) is 3.76. The van der Waals surface area contributed by atoms with E-state index in [1.807, 2.05) is 0 Å². The Morgan fingerprint density at radius 2 is 1.77 bits per heavy atom. The number of phenols is 1. The fourth-order valence-electron chi connectivity index (χ4n) is 6.70. The molecule has 0 spiro atoms. The number of rotatable bonds is 7. The summed E-state index contributed by atoms with van der Waals surface area (Å²) >= 11 is 0. The zero-order valence-electron chi connectivity index (χ0n) is 24.2. The van der Waals surface area contributed by atoms with Crippen LogP contribution in [-0.4, -0.2) is 92.4 Å². The second kappa shape index (κ2) is 11.1. The van der Waals surface area contributed by atoms with Gasteiger partial charge in [-0.25, -0.2) is 0 Å². The number of primary amides is 1. The van der Waals surface area contributed by atoms with Crippen molar-refractivity contribution in [2.75, 3.05) is 26.0 Å². The van der Waals surface area contributed by atoms with Gasteiger partial charge < -0.3 is 41.3 Å². The van der Waals surface area contributed by atoms with E-state index in [0.29, 0.717) is 22.4 Å². The second-order valence-corrected chi connectivity index (χ2v) is 11.5. The summed E-state index contributed by atoms with van der Waals surface area (Å²) in [4.78, 5) is 52.0. The standard InChI is InChI=1S/C31H33N3O10/c1-13(35)44-12-21(37)33-16-6-4-14(5-7-16)17-8-9-20(36)23-18(17)10-15-11-19-25(34(2)3)27(39)24(30(32)42)29(41)31(19,43)28(40)22(15)26(23)38/h4-9,15,19,21,25,33,36-37,39-40,43H,10-12H2,1-3H3,(H2,32,42)/t15-,19-,21?,25-,31-/m0/s1. The Hall–Kier alpha value is -4.72. The summed E-state index contributed by atoms with van der Waals surface area (Å²) in [5.74, 6) is -7.64. The number of phenolic OH excluding ortho intramolecular Hbond substituents is 1. The summed E-state index contributed by atoms with van der Waals surface area (Å²) in [6.45, 7) is 0.983. The first-order chi connectivity index (χ1) is 20.7. The molecule has 1 unspecified atom stereocenters. The first-order valence-corrected chi connectivity index (χ1v) is 13.9. The van der Waals surface area contributed by atoms with E-state index in [2.05, 4.69) is 5.32 Å². The van der Waals surface area contributed by atoms with Crippen LogP contribution in [0.5, 0.6) is 5.75 Å². The third-order valence-electron chi connectivity index (χ3n) is 8.58. The number of fused-ring (bicyclic) bond motifs is 3. The quantitative estimate of drug-likeness (QED) is 0.134. The minimum Gasteiger partial charge on any atom is -0.510 e. The van der Waals surface area contributed by atoms with Crippen LogP contribution in [0.3, 0.4) is 0 Å². The fraction of sp³-hybridized carbons (Fsp3) is 0.355. The van der Waals surface area contributed by atoms with E-state index < -0.39 is 70.2 Å². The van der Waals surface area contributed by atoms with Gasteiger partial charge in [0.15, 0.2) is 17.6 Å². The van der Waals surface area contributed by atoms with Crippen LogP contribution in [0.15, 0.2) is 59.1 Å². The van der Waals surface area contributed by atoms with E-state index >= 15 is 0 Å². The molecule has 0 radical (unpaired) electrons. The molecule has 1 amide bonds. The molecule has 3 aliphatic carbocycles. The van der Waals surface area contributed by atoms with Gasteiger partial charge in [0, 0.05) is 24.1 Å². The molecule has 5 atom stereocenters. The van der Waals surface area contributed by atoms with Crippen LogP contribution in [0.4, 0.5) is 5.69 Å². The predicted molar refractivity (Wildman–Crippen MR) is 155 cm³/mol. The minimum absolute atomic E-state index is 0.0239. The largest absolute Gasteiger partial charge is 0.510 e. The topological polar surface area (TPSA) is 220 Å². The summed E-state index contributed by atoms with van der Waals surface area (Å²) in [6, 6.07) is 8.71. The fourth-order valence-corrected chi connectivity index (χ4v) is 6.70. The zero-order chi connectivity index (χ0) is 32.2. The molecule has 0 saturated heterocycles. The van der Waals surface area contributed by atoms with Crippen LogP contribution in [0.1, 0.15) is 29.3 Å². The number of anilines is 1. The van der Waals surface area contributed by atoms with Gasteiger partial charge in [0.05, 0.1) is 11.6 Å². The summed E-state index contributed by atoms with van der Waals surface area (Å²) in [6.07, 6.45) is -1.03. The van der Waals surface area contributed by atoms with Crippen molar-refractivity contribution in [1.82, 2.24) is 4.90 Å². The van der Waals surface area contributed by atoms with Gasteiger partial charge in [-0.05, 0) is 67.7 Å². The highest BCUT2D eigenvalue weighted by molar-refractivity contribution is 6.24. The highest BCUT2D eigenvalue weighted by atomic mass is 16.5. The third-order valence-corrected chi connectivity index (χ3v) is 8.58. The average molecular weight is 608 g/mol. The van der Waals surface area contributed by atoms with Crippen molar-refractivity contribution in [1.29, 1.82) is 0 Å². The number of carbonyl (C=O) groups is 4. The third kappa shape index (κ3) is 4.78. The first-order valence-electron chi connectivity index (χ1n) is 13.9. The molecule has 8 N–H and O–H groups in total. The lowest BCUT2D eigenvalue weighted by Gasteiger charge is -2.50. The number of likely N-dealkylation sites (N-methyl/N-ethyl adjacent to an activating group) is 1. The maximum Gasteiger partial charge on any atom is 0.302 e. The number of Topliss-reactive ketones (excluding diaryl/α,β-unsaturated/α-hetero) is 2. The van der Waals surface area contributed by atoms with Gasteiger partial charge in [0.2, 0.25) is 5.78 Å². The van der Waals surface area contributed by atoms with Crippen LogP contribution < -0.4 is 11.1 Å². The number of allylic oxidation sites excluding steroid dienone is 1. The number of ketones is 2. The summed E-state index contributed by atoms with van der Waals surface area (Å²) in [7, 11) is 3.13. The van der Waals surface area contributed by atoms with E-state index in [1.54, 1.807) is 44.4 Å². The molecule has 13 nitrogen and oxygen atoms in total. The Morgan fingerprint density at radius 1 is 1.11 bits per heavy atom. The van der Waals surface area contributed by atoms with E-state index in [9.17, 15) is 44.7 Å². The van der Waals surface area contributed by atoms with Crippen molar-refractivity contribution >= 4 is 29.1 Å². The number of aromatic hydroxyl groups is 1. The number of carbonyl (C=O) groups excluding carboxylic acids is 4. The molecule has 2 aromatic rings. The molecule has 13 heteroatoms. The van der Waals surface area contributed by atoms with Gasteiger partial charge in [-0.1, -0.05) is 18.2 Å². The summed E-state index contributed by atoms with van der Waals surface area (Å²) in [5, 5.41) is 57.7. The molecule has 0 saturated carbocycles. The number of hydrogen-bond donors (Lipinski definition) is 7. The smallest absolute Gasteiger partial charge is 0.302 e. The number of nitrogens with one attached hydrogen (secondary N) is 1. The molecule has 2 aromatic carbocycles. The maximum absolute atomic E-state index is 13.9. The minimum atomic E-state index is -2.71. The Kier molecular flexibility index (Phi) is 7.74. The van der Waals surface area contributed by atoms with Gasteiger partial charge in [0.25, 0.3) is 5.91 Å². The Labute approximate surface area is 251 Å². The summed E-state index contributed by atoms with van der Waals surface area (Å²) < 4.78 is 4.79. The average Bonchev–Trinajstić information content (AvgIpc) is 2.94. The van der Waals surface area contributed by atoms with Crippen molar-refractivity contribution < 1.29 is 49.4 Å². The normalized spacial score (nSPS) is 25.3. The van der Waals surface area contributed by atoms with Crippen molar-refractivity contribution in [2.45, 2.75) is 37.6 Å². The van der Waals surface area contributed by atoms with Crippen LogP contribution in [0, 0.1) is 11.8 Å². The molecule has 3 aliphatic rings. The molecule has 0 aliphatic heterocycles. The Bertz CT molecular complexity index is 1640. The highest BCUT2D eigenvalue weighted by Gasteiger charge is 2.63. The number of aliphatic hydroxyl groups is 4. The second-order valence-electron chi connectivity index (χ2n) is 11.5. The maximum atomic E-state index is 13.9. The predicted octanol–water partition coefficient (Wildman–Crippen LogP) is 1.08. The van der Waals surface area contributed by atoms with E-state index in [4.69, 9.17) is 10.5 Å². The monoisotopic (exact) mass is 607 g/mol. The molecule has 0 aromatic heterocycles. The molecule has 232 valence electrons. The molecular formula is C31H33N3O10. The number of esters is 1. The lowest BCUT2D eigenvalue weighted by Crippen LogP contribution is -2.63. The molecule has 0 bridgehead atoms. The number of benzene rings is 2. The molecule has 5 rings (SSSR count). The zero-order valence-corrected chi connectivity index (χ0v) is 24.2. The van der Waals surface area contributed by atoms with Gasteiger partial charge in [-0.15, -0.1) is 0 Å². The van der Waals surface area contributed by atoms with Gasteiger partial charge in [0.1, 0.15) is 29.4 Å². The van der Waals surface area contributed by atoms with Crippen molar-refractivity contribution in [3.63, 3.8) is 0 Å². The lowest BCUT2D eigenvalue weighted by molar-refractivity contribution is -0.148. The van der Waals surface area contributed by atoms with Crippen LogP contribution in [0.2, 0.25) is 0 Å². The number of aliphatic hydroxyl groups excluding tert-OH is 3. The van der Waals surface area contributed by atoms with Crippen molar-refractivity contribution in [2.24, 2.45) is 17.6 Å². The SMILES string of the molecule is CC(=O)OCC(O)Nc1ccc(-c2ccc(O)c3c2C[C@H]2C[C@H]4[C@H](N(C)C)C(O)=C(C(N)=O)C(=O)[C@@]4(O)C(O)=C2C3=O)cc1. The van der Waals surface area contributed by atoms with E-state index in [-0.39, 0.29) is 36.3 Å². The molecule has 0 fully saturated rings. The Morgan fingerprint density at radius 3 is 2.36 bits per heavy atom. The van der Waals surface area contributed by atoms with Gasteiger partial charge in [-0.3, -0.25) is 24.1 Å². The number of ether oxygens (including phenoxy) is 1. The van der Waals surface area contributed by atoms with Gasteiger partial charge in [-0.2, -0.15) is 0 Å². The highest BCUT2D eigenvalue weighted by Crippen LogP contribution is 2.53. The van der Waals surface area contributed by atoms with Crippen LogP contribution in [-0.2, 0) is 25.5 Å². The Balaban J connectivity index is 1.56. The number of hydrogen-bond acceptors (Lipinski definition) is 12. The number of amides is 1. The van der Waals surface area contributed by atoms with E-state index in [1.165, 1.54) is 17.9 Å².